The topological polar surface area (TPSA) is 491 Å². The van der Waals surface area contributed by atoms with E-state index >= 15 is 0 Å². The lowest BCUT2D eigenvalue weighted by molar-refractivity contribution is -0.141. The fraction of sp³-hybridized carbons (Fsp3) is 0.600. The summed E-state index contributed by atoms with van der Waals surface area (Å²) in [6.07, 6.45) is -1.18. The maximum absolute atomic E-state index is 13.4. The van der Waals surface area contributed by atoms with E-state index < -0.39 is 133 Å². The Kier molecular flexibility index (Phi) is 21.3. The molecule has 0 aromatic carbocycles. The third-order valence-electron chi connectivity index (χ3n) is 9.41. The number of urea groups is 2. The first-order valence-corrected chi connectivity index (χ1v) is 20.0. The number of aliphatic imine (C=N–C) groups is 2. The van der Waals surface area contributed by atoms with Crippen molar-refractivity contribution in [2.24, 2.45) is 38.7 Å². The molecule has 0 saturated carbocycles. The highest BCUT2D eigenvalue weighted by Gasteiger charge is 2.40. The Bertz CT molecular complexity index is 1900. The van der Waals surface area contributed by atoms with Crippen LogP contribution in [0.5, 0.6) is 0 Å². The summed E-state index contributed by atoms with van der Waals surface area (Å²) < 4.78 is 0. The van der Waals surface area contributed by atoms with Crippen molar-refractivity contribution in [1.82, 2.24) is 47.0 Å². The molecule has 2 heterocycles. The minimum Gasteiger partial charge on any atom is -0.481 e. The number of primary amides is 1. The van der Waals surface area contributed by atoms with Crippen LogP contribution in [0.25, 0.3) is 0 Å². The third-order valence-corrected chi connectivity index (χ3v) is 9.41. The lowest BCUT2D eigenvalue weighted by Crippen LogP contribution is -2.57. The Hall–Kier alpha value is -7.82. The average Bonchev–Trinajstić information content (AvgIpc) is 3.62. The summed E-state index contributed by atoms with van der Waals surface area (Å²) in [5.41, 5.74) is 26.3. The number of nitrogens with zero attached hydrogens (tertiary/aromatic N) is 4. The van der Waals surface area contributed by atoms with Gasteiger partial charge in [0, 0.05) is 19.6 Å². The van der Waals surface area contributed by atoms with Crippen LogP contribution in [0.2, 0.25) is 0 Å². The quantitative estimate of drug-likeness (QED) is 0.0143. The Morgan fingerprint density at radius 2 is 1.05 bits per heavy atom. The first-order valence-electron chi connectivity index (χ1n) is 20.0. The smallest absolute Gasteiger partial charge is 0.325 e. The van der Waals surface area contributed by atoms with Crippen LogP contribution < -0.4 is 65.9 Å². The number of carbonyl (C=O) groups is 12. The van der Waals surface area contributed by atoms with Gasteiger partial charge in [-0.3, -0.25) is 67.7 Å². The van der Waals surface area contributed by atoms with Gasteiger partial charge in [0.1, 0.15) is 49.3 Å². The molecule has 2 aliphatic heterocycles. The number of unbranched alkanes of at least 4 members (excludes halogenated alkanes) is 1. The van der Waals surface area contributed by atoms with Crippen LogP contribution in [-0.2, 0) is 47.9 Å². The summed E-state index contributed by atoms with van der Waals surface area (Å²) >= 11 is 0. The number of carbonyl (C=O) groups excluding carboxylic acids is 10. The number of carboxylic acid groups (broad SMARTS) is 2. The van der Waals surface area contributed by atoms with E-state index in [1.54, 1.807) is 0 Å². The van der Waals surface area contributed by atoms with Gasteiger partial charge >= 0.3 is 24.0 Å². The minimum absolute atomic E-state index is 0.0219. The first-order chi connectivity index (χ1) is 30.5. The number of hydrogen-bond acceptors (Lipinski definition) is 14. The molecule has 2 saturated heterocycles. The van der Waals surface area contributed by atoms with Crippen LogP contribution in [-0.4, -0.2) is 172 Å². The molecule has 0 aromatic rings. The highest BCUT2D eigenvalue weighted by Crippen LogP contribution is 2.13. The van der Waals surface area contributed by atoms with Crippen LogP contribution in [0.4, 0.5) is 9.59 Å². The molecule has 6 atom stereocenters. The first kappa shape index (κ1) is 53.3. The van der Waals surface area contributed by atoms with E-state index in [0.29, 0.717) is 22.6 Å². The zero-order valence-electron chi connectivity index (χ0n) is 35.3. The van der Waals surface area contributed by atoms with E-state index in [1.165, 1.54) is 6.92 Å². The molecule has 0 spiro atoms. The number of aliphatic carboxylic acids is 2. The second-order valence-corrected chi connectivity index (χ2v) is 14.7. The maximum Gasteiger partial charge on any atom is 0.325 e. The average molecular weight is 925 g/mol. The molecule has 360 valence electrons. The number of carboxylic acids is 2. The number of imide groups is 2. The predicted octanol–water partition coefficient (Wildman–Crippen LogP) is -7.39. The van der Waals surface area contributed by atoms with E-state index in [2.05, 4.69) is 47.2 Å². The van der Waals surface area contributed by atoms with Crippen LogP contribution >= 0.6 is 0 Å². The Morgan fingerprint density at radius 3 is 1.46 bits per heavy atom. The van der Waals surface area contributed by atoms with Crippen molar-refractivity contribution in [3.05, 3.63) is 0 Å². The number of hydrogen-bond donors (Lipinski definition) is 14. The van der Waals surface area contributed by atoms with Gasteiger partial charge in [-0.2, -0.15) is 0 Å². The molecule has 2 rings (SSSR count). The molecule has 2 aliphatic rings. The van der Waals surface area contributed by atoms with Crippen molar-refractivity contribution >= 4 is 83.2 Å². The second-order valence-electron chi connectivity index (χ2n) is 14.7. The van der Waals surface area contributed by atoms with Crippen molar-refractivity contribution < 1.29 is 67.7 Å². The minimum atomic E-state index is -1.85. The summed E-state index contributed by atoms with van der Waals surface area (Å²) in [4.78, 5) is 159. The fourth-order valence-corrected chi connectivity index (χ4v) is 6.12. The highest BCUT2D eigenvalue weighted by molar-refractivity contribution is 6.08. The van der Waals surface area contributed by atoms with Crippen LogP contribution in [0, 0.1) is 0 Å². The van der Waals surface area contributed by atoms with E-state index in [4.69, 9.17) is 28.7 Å². The summed E-state index contributed by atoms with van der Waals surface area (Å²) in [6.45, 7) is -0.346. The predicted molar refractivity (Wildman–Crippen MR) is 222 cm³/mol. The monoisotopic (exact) mass is 924 g/mol. The van der Waals surface area contributed by atoms with Gasteiger partial charge in [0.05, 0.1) is 12.8 Å². The molecule has 19 N–H and O–H groups in total. The molecule has 0 bridgehead atoms. The van der Waals surface area contributed by atoms with Gasteiger partial charge in [-0.1, -0.05) is 0 Å². The second kappa shape index (κ2) is 26.0. The maximum atomic E-state index is 13.4. The molecule has 30 nitrogen and oxygen atoms in total. The van der Waals surface area contributed by atoms with E-state index in [0.717, 1.165) is 0 Å². The van der Waals surface area contributed by atoms with Crippen LogP contribution in [0.1, 0.15) is 64.7 Å². The van der Waals surface area contributed by atoms with Crippen molar-refractivity contribution in [2.45, 2.75) is 101 Å². The summed E-state index contributed by atoms with van der Waals surface area (Å²) in [5.74, 6) is -11.1. The van der Waals surface area contributed by atoms with Gasteiger partial charge in [0.2, 0.25) is 35.4 Å². The summed E-state index contributed by atoms with van der Waals surface area (Å²) in [7, 11) is 0. The number of nitrogens with two attached hydrogens (primary N) is 5. The Labute approximate surface area is 370 Å². The molecule has 30 heteroatoms. The number of guanidine groups is 2. The number of rotatable bonds is 29. The SMILES string of the molecule is CC(NC(=O)C(CCCCNC(=O)C(CC(=O)O)NC(=O)CN1C(=O)NC(CCCN=C(N)N)C1=O)NC(=O)C(CC(=O)O)NC(=O)CN1C(=O)NC(CCCN=C(N)N)C1=O)C(N)=O. The Morgan fingerprint density at radius 1 is 0.615 bits per heavy atom. The molecule has 0 aliphatic carbocycles. The van der Waals surface area contributed by atoms with Crippen LogP contribution in [0.15, 0.2) is 9.98 Å². The lowest BCUT2D eigenvalue weighted by atomic mass is 10.1. The zero-order valence-corrected chi connectivity index (χ0v) is 35.3. The third kappa shape index (κ3) is 18.6. The molecule has 0 radical (unpaired) electrons. The normalized spacial score (nSPS) is 17.3. The largest absolute Gasteiger partial charge is 0.481 e. The van der Waals surface area contributed by atoms with E-state index in [-0.39, 0.29) is 63.7 Å². The van der Waals surface area contributed by atoms with Crippen molar-refractivity contribution in [3.63, 3.8) is 0 Å². The van der Waals surface area contributed by atoms with Gasteiger partial charge in [-0.15, -0.1) is 0 Å². The zero-order chi connectivity index (χ0) is 49.0. The molecular weight excluding hydrogens is 868 g/mol. The molecule has 0 aromatic heterocycles. The summed E-state index contributed by atoms with van der Waals surface area (Å²) in [5, 5.41) is 35.0. The van der Waals surface area contributed by atoms with Crippen molar-refractivity contribution in [3.8, 4) is 0 Å². The number of amides is 12. The van der Waals surface area contributed by atoms with Gasteiger partial charge < -0.3 is 76.1 Å². The van der Waals surface area contributed by atoms with Crippen molar-refractivity contribution in [2.75, 3.05) is 32.7 Å². The lowest BCUT2D eigenvalue weighted by Gasteiger charge is -2.24. The Balaban J connectivity index is 2.03. The van der Waals surface area contributed by atoms with E-state index in [9.17, 15) is 67.7 Å². The molecule has 12 amide bonds. The van der Waals surface area contributed by atoms with Gasteiger partial charge in [-0.25, -0.2) is 9.59 Å². The molecule has 65 heavy (non-hydrogen) atoms. The standard InChI is InChI=1S/C35H56N16O14/c1-16(26(36)58)44-28(60)17(47-29(61)21(13-25(56)57)46-23(53)15-51-31(63)19(49-35(51)65)8-5-11-43-33(39)40)6-2-3-9-41-27(59)20(12-24(54)55)45-22(52)14-50-30(62)18(48-34(50)64)7-4-10-42-32(37)38/h16-21H,2-15H2,1H3,(H2,36,58)(H,41,59)(H,44,60)(H,45,52)(H,46,53)(H,47,61)(H,48,64)(H,49,65)(H,54,55)(H,56,57)(H4,37,38,42)(H4,39,40,43). The summed E-state index contributed by atoms with van der Waals surface area (Å²) in [6, 6.07) is -10.0. The molecular formula is C35H56N16O14. The van der Waals surface area contributed by atoms with Gasteiger partial charge in [-0.05, 0) is 51.9 Å². The molecule has 6 unspecified atom stereocenters. The van der Waals surface area contributed by atoms with Crippen molar-refractivity contribution in [1.29, 1.82) is 0 Å². The number of nitrogens with one attached hydrogen (secondary N) is 7. The van der Waals surface area contributed by atoms with Gasteiger partial charge in [0.15, 0.2) is 11.9 Å². The fourth-order valence-electron chi connectivity index (χ4n) is 6.12. The van der Waals surface area contributed by atoms with Gasteiger partial charge in [0.25, 0.3) is 11.8 Å². The molecule has 2 fully saturated rings. The highest BCUT2D eigenvalue weighted by atomic mass is 16.4. The van der Waals surface area contributed by atoms with E-state index in [1.807, 2.05) is 0 Å². The van der Waals surface area contributed by atoms with Crippen LogP contribution in [0.3, 0.4) is 0 Å².